The lowest BCUT2D eigenvalue weighted by molar-refractivity contribution is -0.145. The maximum atomic E-state index is 13.8. The SMILES string of the molecule is CCN(CC(=O)Nc1c(F)cccc1F)C(=O)C1(n2cccn2)CCNCC1. The van der Waals surface area contributed by atoms with Crippen molar-refractivity contribution in [3.05, 3.63) is 48.3 Å². The number of halogens is 2. The van der Waals surface area contributed by atoms with Gasteiger partial charge in [0.15, 0.2) is 0 Å². The molecule has 1 aliphatic heterocycles. The van der Waals surface area contributed by atoms with Crippen LogP contribution in [-0.2, 0) is 15.1 Å². The van der Waals surface area contributed by atoms with Crippen LogP contribution < -0.4 is 10.6 Å². The Kier molecular flexibility index (Phi) is 6.03. The molecule has 2 aromatic rings. The van der Waals surface area contributed by atoms with Crippen LogP contribution in [0.15, 0.2) is 36.7 Å². The van der Waals surface area contributed by atoms with Crippen LogP contribution in [0.3, 0.4) is 0 Å². The van der Waals surface area contributed by atoms with Crippen molar-refractivity contribution in [1.82, 2.24) is 20.0 Å². The summed E-state index contributed by atoms with van der Waals surface area (Å²) in [6.07, 6.45) is 4.42. The molecule has 2 heterocycles. The predicted molar refractivity (Wildman–Crippen MR) is 99.5 cm³/mol. The number of nitrogens with zero attached hydrogens (tertiary/aromatic N) is 3. The van der Waals surface area contributed by atoms with Gasteiger partial charge < -0.3 is 15.5 Å². The molecule has 2 amide bonds. The minimum absolute atomic E-state index is 0.232. The second kappa shape index (κ2) is 8.47. The Bertz CT molecular complexity index is 815. The summed E-state index contributed by atoms with van der Waals surface area (Å²) in [5.41, 5.74) is -1.39. The van der Waals surface area contributed by atoms with E-state index in [0.717, 1.165) is 12.1 Å². The number of amides is 2. The molecule has 2 N–H and O–H groups in total. The van der Waals surface area contributed by atoms with Crippen molar-refractivity contribution in [2.45, 2.75) is 25.3 Å². The van der Waals surface area contributed by atoms with E-state index < -0.39 is 28.8 Å². The molecule has 7 nitrogen and oxygen atoms in total. The number of aromatic nitrogens is 2. The van der Waals surface area contributed by atoms with Gasteiger partial charge >= 0.3 is 0 Å². The Labute approximate surface area is 161 Å². The molecule has 1 aromatic heterocycles. The first-order valence-corrected chi connectivity index (χ1v) is 9.22. The van der Waals surface area contributed by atoms with Crippen LogP contribution in [0, 0.1) is 11.6 Å². The second-order valence-corrected chi connectivity index (χ2v) is 6.70. The molecule has 1 fully saturated rings. The molecule has 1 saturated heterocycles. The Balaban J connectivity index is 1.78. The van der Waals surface area contributed by atoms with Gasteiger partial charge in [0.05, 0.1) is 6.54 Å². The molecule has 3 rings (SSSR count). The average molecular weight is 391 g/mol. The summed E-state index contributed by atoms with van der Waals surface area (Å²) >= 11 is 0. The Morgan fingerprint density at radius 3 is 2.50 bits per heavy atom. The minimum atomic E-state index is -0.881. The first kappa shape index (κ1) is 19.9. The number of anilines is 1. The zero-order valence-electron chi connectivity index (χ0n) is 15.6. The third kappa shape index (κ3) is 3.89. The molecule has 0 unspecified atom stereocenters. The van der Waals surface area contributed by atoms with Gasteiger partial charge in [-0.25, -0.2) is 8.78 Å². The van der Waals surface area contributed by atoms with Gasteiger partial charge in [0.2, 0.25) is 5.91 Å². The second-order valence-electron chi connectivity index (χ2n) is 6.70. The molecule has 28 heavy (non-hydrogen) atoms. The molecule has 0 aliphatic carbocycles. The Hall–Kier alpha value is -2.81. The number of carbonyl (C=O) groups excluding carboxylic acids is 2. The predicted octanol–water partition coefficient (Wildman–Crippen LogP) is 1.73. The summed E-state index contributed by atoms with van der Waals surface area (Å²) in [5, 5.41) is 9.72. The number of hydrogen-bond acceptors (Lipinski definition) is 4. The fourth-order valence-electron chi connectivity index (χ4n) is 3.49. The summed E-state index contributed by atoms with van der Waals surface area (Å²) in [6, 6.07) is 5.08. The van der Waals surface area contributed by atoms with Gasteiger partial charge in [0.1, 0.15) is 22.9 Å². The summed E-state index contributed by atoms with van der Waals surface area (Å²) in [6.45, 7) is 3.03. The Morgan fingerprint density at radius 1 is 1.25 bits per heavy atom. The van der Waals surface area contributed by atoms with Crippen molar-refractivity contribution in [3.63, 3.8) is 0 Å². The number of nitrogens with one attached hydrogen (secondary N) is 2. The molecular weight excluding hydrogens is 368 g/mol. The molecule has 0 spiro atoms. The molecule has 0 radical (unpaired) electrons. The van der Waals surface area contributed by atoms with Crippen molar-refractivity contribution in [2.75, 3.05) is 31.5 Å². The van der Waals surface area contributed by atoms with E-state index >= 15 is 0 Å². The average Bonchev–Trinajstić information content (AvgIpc) is 3.24. The first-order valence-electron chi connectivity index (χ1n) is 9.22. The fraction of sp³-hybridized carbons (Fsp3) is 0.421. The van der Waals surface area contributed by atoms with E-state index in [1.807, 2.05) is 0 Å². The topological polar surface area (TPSA) is 79.3 Å². The van der Waals surface area contributed by atoms with Gasteiger partial charge in [0.25, 0.3) is 5.91 Å². The quantitative estimate of drug-likeness (QED) is 0.786. The van der Waals surface area contributed by atoms with Crippen LogP contribution in [0.4, 0.5) is 14.5 Å². The number of likely N-dealkylation sites (N-methyl/N-ethyl adjacent to an activating group) is 1. The zero-order valence-corrected chi connectivity index (χ0v) is 15.6. The summed E-state index contributed by atoms with van der Waals surface area (Å²) < 4.78 is 29.2. The van der Waals surface area contributed by atoms with Gasteiger partial charge in [-0.2, -0.15) is 5.10 Å². The van der Waals surface area contributed by atoms with E-state index in [1.165, 1.54) is 11.0 Å². The van der Waals surface area contributed by atoms with Gasteiger partial charge in [-0.3, -0.25) is 14.3 Å². The molecule has 0 bridgehead atoms. The van der Waals surface area contributed by atoms with Crippen LogP contribution >= 0.6 is 0 Å². The van der Waals surface area contributed by atoms with E-state index in [4.69, 9.17) is 0 Å². The summed E-state index contributed by atoms with van der Waals surface area (Å²) in [7, 11) is 0. The molecule has 0 atom stereocenters. The van der Waals surface area contributed by atoms with E-state index in [1.54, 1.807) is 30.1 Å². The van der Waals surface area contributed by atoms with Crippen molar-refractivity contribution in [2.24, 2.45) is 0 Å². The molecule has 9 heteroatoms. The fourth-order valence-corrected chi connectivity index (χ4v) is 3.49. The molecule has 1 aromatic carbocycles. The van der Waals surface area contributed by atoms with Crippen LogP contribution in [0.25, 0.3) is 0 Å². The smallest absolute Gasteiger partial charge is 0.251 e. The number of rotatable bonds is 6. The van der Waals surface area contributed by atoms with Gasteiger partial charge in [-0.05, 0) is 51.1 Å². The molecule has 1 aliphatic rings. The van der Waals surface area contributed by atoms with Crippen molar-refractivity contribution in [1.29, 1.82) is 0 Å². The third-order valence-electron chi connectivity index (χ3n) is 5.00. The summed E-state index contributed by atoms with van der Waals surface area (Å²) in [5.74, 6) is -2.63. The van der Waals surface area contributed by atoms with Gasteiger partial charge in [-0.15, -0.1) is 0 Å². The Morgan fingerprint density at radius 2 is 1.93 bits per heavy atom. The number of benzene rings is 1. The lowest BCUT2D eigenvalue weighted by atomic mass is 9.86. The van der Waals surface area contributed by atoms with Crippen molar-refractivity contribution >= 4 is 17.5 Å². The van der Waals surface area contributed by atoms with Crippen molar-refractivity contribution < 1.29 is 18.4 Å². The normalized spacial score (nSPS) is 15.8. The standard InChI is InChI=1S/C19H23F2N5O2/c1-2-25(13-16(27)24-17-14(20)5-3-6-15(17)21)18(28)19(7-10-22-11-8-19)26-12-4-9-23-26/h3-6,9,12,22H,2,7-8,10-11,13H2,1H3,(H,24,27). The van der Waals surface area contributed by atoms with E-state index in [-0.39, 0.29) is 19.0 Å². The van der Waals surface area contributed by atoms with E-state index in [0.29, 0.717) is 25.9 Å². The zero-order chi connectivity index (χ0) is 20.1. The number of hydrogen-bond donors (Lipinski definition) is 2. The highest BCUT2D eigenvalue weighted by Crippen LogP contribution is 2.29. The number of para-hydroxylation sites is 1. The van der Waals surface area contributed by atoms with Gasteiger partial charge in [-0.1, -0.05) is 6.07 Å². The van der Waals surface area contributed by atoms with Gasteiger partial charge in [0, 0.05) is 18.9 Å². The monoisotopic (exact) mass is 391 g/mol. The highest BCUT2D eigenvalue weighted by Gasteiger charge is 2.44. The largest absolute Gasteiger partial charge is 0.332 e. The maximum Gasteiger partial charge on any atom is 0.251 e. The lowest BCUT2D eigenvalue weighted by Crippen LogP contribution is -2.56. The van der Waals surface area contributed by atoms with Crippen molar-refractivity contribution in [3.8, 4) is 0 Å². The maximum absolute atomic E-state index is 13.8. The highest BCUT2D eigenvalue weighted by atomic mass is 19.1. The van der Waals surface area contributed by atoms with Crippen LogP contribution in [-0.4, -0.2) is 52.7 Å². The van der Waals surface area contributed by atoms with Crippen LogP contribution in [0.2, 0.25) is 0 Å². The summed E-state index contributed by atoms with van der Waals surface area (Å²) in [4.78, 5) is 27.2. The van der Waals surface area contributed by atoms with E-state index in [9.17, 15) is 18.4 Å². The minimum Gasteiger partial charge on any atom is -0.332 e. The van der Waals surface area contributed by atoms with E-state index in [2.05, 4.69) is 15.7 Å². The third-order valence-corrected chi connectivity index (χ3v) is 5.00. The van der Waals surface area contributed by atoms with Crippen LogP contribution in [0.1, 0.15) is 19.8 Å². The molecule has 150 valence electrons. The lowest BCUT2D eigenvalue weighted by Gasteiger charge is -2.39. The number of carbonyl (C=O) groups is 2. The molecular formula is C19H23F2N5O2. The number of piperidine rings is 1. The first-order chi connectivity index (χ1) is 13.5. The van der Waals surface area contributed by atoms with Crippen LogP contribution in [0.5, 0.6) is 0 Å². The molecule has 0 saturated carbocycles. The highest BCUT2D eigenvalue weighted by molar-refractivity contribution is 5.96.